The van der Waals surface area contributed by atoms with Crippen LogP contribution in [0.5, 0.6) is 5.75 Å². The lowest BCUT2D eigenvalue weighted by Crippen LogP contribution is -2.40. The average Bonchev–Trinajstić information content (AvgIpc) is 2.29. The van der Waals surface area contributed by atoms with Crippen molar-refractivity contribution in [3.05, 3.63) is 29.6 Å². The highest BCUT2D eigenvalue weighted by atomic mass is 32.2. The van der Waals surface area contributed by atoms with E-state index in [0.29, 0.717) is 0 Å². The zero-order valence-corrected chi connectivity index (χ0v) is 12.6. The Kier molecular flexibility index (Phi) is 5.73. The van der Waals surface area contributed by atoms with E-state index in [4.69, 9.17) is 0 Å². The molecule has 0 aliphatic rings. The number of benzene rings is 1. The van der Waals surface area contributed by atoms with Gasteiger partial charge in [0.1, 0.15) is 16.3 Å². The van der Waals surface area contributed by atoms with Crippen molar-refractivity contribution >= 4 is 11.4 Å². The number of hydrogen-bond donors (Lipinski definition) is 1. The van der Waals surface area contributed by atoms with Crippen LogP contribution in [0.1, 0.15) is 39.3 Å². The third kappa shape index (κ3) is 4.88. The van der Waals surface area contributed by atoms with Crippen molar-refractivity contribution in [1.82, 2.24) is 4.72 Å². The Labute approximate surface area is 119 Å². The summed E-state index contributed by atoms with van der Waals surface area (Å²) < 4.78 is 56.4. The molecule has 1 rings (SSSR count). The number of alkyl halides is 2. The second-order valence-electron chi connectivity index (χ2n) is 5.28. The first-order chi connectivity index (χ1) is 9.11. The summed E-state index contributed by atoms with van der Waals surface area (Å²) in [6.45, 7) is 3.95. The normalized spacial score (nSPS) is 15.2. The van der Waals surface area contributed by atoms with Gasteiger partial charge in [-0.2, -0.15) is 8.78 Å². The van der Waals surface area contributed by atoms with Gasteiger partial charge in [0, 0.05) is 16.9 Å². The molecule has 0 heterocycles. The van der Waals surface area contributed by atoms with Crippen LogP contribution in [0.3, 0.4) is 0 Å². The van der Waals surface area contributed by atoms with Gasteiger partial charge in [-0.1, -0.05) is 0 Å². The maximum absolute atomic E-state index is 13.7. The first-order valence-corrected chi connectivity index (χ1v) is 7.18. The second-order valence-corrected chi connectivity index (χ2v) is 7.28. The Balaban J connectivity index is 2.89. The third-order valence-corrected chi connectivity index (χ3v) is 4.18. The van der Waals surface area contributed by atoms with Crippen molar-refractivity contribution in [1.29, 1.82) is 0 Å². The largest absolute Gasteiger partial charge is 0.598 e. The topological polar surface area (TPSA) is 44.3 Å². The summed E-state index contributed by atoms with van der Waals surface area (Å²) in [6.07, 6.45) is 0. The Bertz CT molecular complexity index is 452. The van der Waals surface area contributed by atoms with Crippen molar-refractivity contribution < 1.29 is 22.5 Å². The Morgan fingerprint density at radius 3 is 2.40 bits per heavy atom. The summed E-state index contributed by atoms with van der Waals surface area (Å²) in [6, 6.07) is 2.75. The van der Waals surface area contributed by atoms with E-state index >= 15 is 0 Å². The number of nitrogens with one attached hydrogen (secondary N) is 1. The summed E-state index contributed by atoms with van der Waals surface area (Å²) in [7, 11) is 0. The van der Waals surface area contributed by atoms with E-state index in [1.807, 2.05) is 0 Å². The first kappa shape index (κ1) is 17.1. The second kappa shape index (κ2) is 6.69. The summed E-state index contributed by atoms with van der Waals surface area (Å²) in [5, 5.41) is 0. The zero-order valence-electron chi connectivity index (χ0n) is 11.7. The van der Waals surface area contributed by atoms with E-state index in [2.05, 4.69) is 9.46 Å². The van der Waals surface area contributed by atoms with Gasteiger partial charge in [-0.15, -0.1) is 4.72 Å². The van der Waals surface area contributed by atoms with Crippen molar-refractivity contribution in [2.45, 2.75) is 45.1 Å². The maximum Gasteiger partial charge on any atom is 0.387 e. The first-order valence-electron chi connectivity index (χ1n) is 6.03. The van der Waals surface area contributed by atoms with Gasteiger partial charge in [0.25, 0.3) is 0 Å². The molecule has 0 fully saturated rings. The Hall–Kier alpha value is -0.920. The minimum absolute atomic E-state index is 0.126. The predicted octanol–water partition coefficient (Wildman–Crippen LogP) is 3.54. The minimum Gasteiger partial charge on any atom is -0.598 e. The number of rotatable bonds is 5. The van der Waals surface area contributed by atoms with Gasteiger partial charge in [0.05, 0.1) is 6.04 Å². The molecule has 0 amide bonds. The highest BCUT2D eigenvalue weighted by molar-refractivity contribution is 7.90. The lowest BCUT2D eigenvalue weighted by atomic mass is 10.1. The van der Waals surface area contributed by atoms with E-state index < -0.39 is 34.6 Å². The van der Waals surface area contributed by atoms with Crippen LogP contribution in [0.25, 0.3) is 0 Å². The van der Waals surface area contributed by atoms with Gasteiger partial charge in [0.2, 0.25) is 0 Å². The van der Waals surface area contributed by atoms with Gasteiger partial charge in [-0.05, 0) is 45.9 Å². The van der Waals surface area contributed by atoms with Crippen molar-refractivity contribution in [2.75, 3.05) is 0 Å². The standard InChI is InChI=1S/C13H18F3NO2S/c1-8(17-20(18)13(2,3)4)10-7-9(19-12(15)16)5-6-11(10)14/h5-8,12,17H,1-4H3/t8-,20+/m0/s1. The summed E-state index contributed by atoms with van der Waals surface area (Å²) in [5.41, 5.74) is 0.126. The van der Waals surface area contributed by atoms with Crippen molar-refractivity contribution in [2.24, 2.45) is 0 Å². The van der Waals surface area contributed by atoms with Crippen LogP contribution in [0.15, 0.2) is 18.2 Å². The van der Waals surface area contributed by atoms with Gasteiger partial charge in [-0.3, -0.25) is 0 Å². The smallest absolute Gasteiger partial charge is 0.387 e. The molecule has 20 heavy (non-hydrogen) atoms. The molecule has 0 spiro atoms. The number of hydrogen-bond acceptors (Lipinski definition) is 3. The predicted molar refractivity (Wildman–Crippen MR) is 72.5 cm³/mol. The monoisotopic (exact) mass is 309 g/mol. The van der Waals surface area contributed by atoms with Gasteiger partial charge in [0.15, 0.2) is 0 Å². The summed E-state index contributed by atoms with van der Waals surface area (Å²) >= 11 is -1.40. The Morgan fingerprint density at radius 2 is 1.90 bits per heavy atom. The molecule has 1 N–H and O–H groups in total. The minimum atomic E-state index is -2.97. The molecule has 2 atom stereocenters. The molecule has 0 aliphatic heterocycles. The zero-order chi connectivity index (χ0) is 15.5. The van der Waals surface area contributed by atoms with Crippen LogP contribution in [-0.2, 0) is 11.4 Å². The molecule has 114 valence electrons. The molecular weight excluding hydrogens is 291 g/mol. The fourth-order valence-electron chi connectivity index (χ4n) is 1.43. The third-order valence-electron chi connectivity index (χ3n) is 2.50. The SMILES string of the molecule is C[C@H](N[S@+]([O-])C(C)(C)C)c1cc(OC(F)F)ccc1F. The highest BCUT2D eigenvalue weighted by Gasteiger charge is 2.29. The molecule has 0 saturated carbocycles. The van der Waals surface area contributed by atoms with E-state index in [-0.39, 0.29) is 11.3 Å². The number of ether oxygens (including phenoxy) is 1. The van der Waals surface area contributed by atoms with Crippen molar-refractivity contribution in [3.8, 4) is 5.75 Å². The molecule has 3 nitrogen and oxygen atoms in total. The van der Waals surface area contributed by atoms with Gasteiger partial charge < -0.3 is 9.29 Å². The average molecular weight is 309 g/mol. The van der Waals surface area contributed by atoms with Crippen LogP contribution in [0.4, 0.5) is 13.2 Å². The van der Waals surface area contributed by atoms with Crippen LogP contribution in [0, 0.1) is 5.82 Å². The highest BCUT2D eigenvalue weighted by Crippen LogP contribution is 2.26. The molecular formula is C13H18F3NO2S. The van der Waals surface area contributed by atoms with Crippen LogP contribution < -0.4 is 9.46 Å². The molecule has 0 bridgehead atoms. The molecule has 7 heteroatoms. The lowest BCUT2D eigenvalue weighted by Gasteiger charge is -2.26. The maximum atomic E-state index is 13.7. The fraction of sp³-hybridized carbons (Fsp3) is 0.538. The Morgan fingerprint density at radius 1 is 1.30 bits per heavy atom. The quantitative estimate of drug-likeness (QED) is 0.846. The molecule has 1 aromatic rings. The van der Waals surface area contributed by atoms with Crippen LogP contribution in [0.2, 0.25) is 0 Å². The lowest BCUT2D eigenvalue weighted by molar-refractivity contribution is -0.0499. The molecule has 0 aliphatic carbocycles. The molecule has 0 unspecified atom stereocenters. The molecule has 0 radical (unpaired) electrons. The van der Waals surface area contributed by atoms with Crippen LogP contribution >= 0.6 is 0 Å². The van der Waals surface area contributed by atoms with E-state index in [1.165, 1.54) is 6.07 Å². The molecule has 1 aromatic carbocycles. The van der Waals surface area contributed by atoms with Gasteiger partial charge in [-0.25, -0.2) is 4.39 Å². The molecule has 0 saturated heterocycles. The van der Waals surface area contributed by atoms with Gasteiger partial charge >= 0.3 is 6.61 Å². The fourth-order valence-corrected chi connectivity index (χ4v) is 2.23. The van der Waals surface area contributed by atoms with E-state index in [9.17, 15) is 17.7 Å². The molecule has 0 aromatic heterocycles. The summed E-state index contributed by atoms with van der Waals surface area (Å²) in [5.74, 6) is -0.705. The van der Waals surface area contributed by atoms with E-state index in [1.54, 1.807) is 27.7 Å². The van der Waals surface area contributed by atoms with Crippen molar-refractivity contribution in [3.63, 3.8) is 0 Å². The van der Waals surface area contributed by atoms with Crippen LogP contribution in [-0.4, -0.2) is 15.9 Å². The number of halogens is 3. The summed E-state index contributed by atoms with van der Waals surface area (Å²) in [4.78, 5) is 0. The van der Waals surface area contributed by atoms with E-state index in [0.717, 1.165) is 12.1 Å².